The maximum atomic E-state index is 13.8. The smallest absolute Gasteiger partial charge is 0.134 e. The fraction of sp³-hybridized carbons (Fsp3) is 0.200. The molecule has 1 unspecified atom stereocenters. The van der Waals surface area contributed by atoms with Crippen molar-refractivity contribution in [3.05, 3.63) is 64.2 Å². The maximum absolute atomic E-state index is 13.8. The van der Waals surface area contributed by atoms with Gasteiger partial charge in [-0.1, -0.05) is 17.7 Å². The van der Waals surface area contributed by atoms with E-state index in [4.69, 9.17) is 16.3 Å². The van der Waals surface area contributed by atoms with Crippen LogP contribution < -0.4 is 4.74 Å². The van der Waals surface area contributed by atoms with Gasteiger partial charge in [-0.2, -0.15) is 0 Å². The van der Waals surface area contributed by atoms with Crippen molar-refractivity contribution in [2.75, 3.05) is 6.61 Å². The molecule has 0 saturated heterocycles. The second kappa shape index (κ2) is 6.20. The Bertz CT molecular complexity index is 600. The number of aliphatic hydroxyl groups excluding tert-OH is 1. The molecule has 0 aliphatic carbocycles. The van der Waals surface area contributed by atoms with Gasteiger partial charge in [0, 0.05) is 5.02 Å². The quantitative estimate of drug-likeness (QED) is 0.923. The van der Waals surface area contributed by atoms with Crippen molar-refractivity contribution >= 4 is 11.6 Å². The van der Waals surface area contributed by atoms with Crippen LogP contribution in [-0.4, -0.2) is 11.7 Å². The Morgan fingerprint density at radius 2 is 1.80 bits per heavy atom. The number of aliphatic hydroxyl groups is 1. The van der Waals surface area contributed by atoms with Gasteiger partial charge in [0.05, 0.1) is 5.56 Å². The van der Waals surface area contributed by atoms with E-state index in [1.807, 2.05) is 0 Å². The van der Waals surface area contributed by atoms with Crippen molar-refractivity contribution < 1.29 is 18.6 Å². The first kappa shape index (κ1) is 14.8. The second-order valence-corrected chi connectivity index (χ2v) is 4.81. The molecule has 0 heterocycles. The minimum atomic E-state index is -1.38. The Kier molecular flexibility index (Phi) is 4.57. The lowest BCUT2D eigenvalue weighted by molar-refractivity contribution is 0.101. The highest BCUT2D eigenvalue weighted by atomic mass is 35.5. The summed E-state index contributed by atoms with van der Waals surface area (Å²) in [6, 6.07) is 8.91. The molecule has 20 heavy (non-hydrogen) atoms. The Morgan fingerprint density at radius 1 is 1.15 bits per heavy atom. The topological polar surface area (TPSA) is 29.5 Å². The summed E-state index contributed by atoms with van der Waals surface area (Å²) in [5.74, 6) is -1.08. The summed E-state index contributed by atoms with van der Waals surface area (Å²) < 4.78 is 32.7. The first-order valence-corrected chi connectivity index (χ1v) is 6.37. The fourth-order valence-corrected chi connectivity index (χ4v) is 1.90. The molecule has 0 bridgehead atoms. The summed E-state index contributed by atoms with van der Waals surface area (Å²) in [6.07, 6.45) is -1.38. The summed E-state index contributed by atoms with van der Waals surface area (Å²) in [6.45, 7) is 1.25. The van der Waals surface area contributed by atoms with E-state index in [1.165, 1.54) is 13.0 Å². The predicted molar refractivity (Wildman–Crippen MR) is 73.0 cm³/mol. The Balaban J connectivity index is 2.11. The van der Waals surface area contributed by atoms with Crippen LogP contribution in [0.3, 0.4) is 0 Å². The molecule has 2 rings (SSSR count). The zero-order valence-electron chi connectivity index (χ0n) is 10.7. The van der Waals surface area contributed by atoms with Crippen LogP contribution in [0.4, 0.5) is 8.78 Å². The molecule has 106 valence electrons. The van der Waals surface area contributed by atoms with Gasteiger partial charge in [0.25, 0.3) is 0 Å². The third-order valence-electron chi connectivity index (χ3n) is 2.87. The van der Waals surface area contributed by atoms with Crippen LogP contribution in [0.2, 0.25) is 5.02 Å². The lowest BCUT2D eigenvalue weighted by Gasteiger charge is -2.15. The van der Waals surface area contributed by atoms with Gasteiger partial charge in [-0.25, -0.2) is 8.78 Å². The molecule has 0 saturated carbocycles. The molecular weight excluding hydrogens is 286 g/mol. The summed E-state index contributed by atoms with van der Waals surface area (Å²) in [5, 5.41) is 10.4. The minimum absolute atomic E-state index is 0.251. The van der Waals surface area contributed by atoms with Crippen LogP contribution in [0, 0.1) is 18.6 Å². The number of ether oxygens (including phenoxy) is 1. The first-order valence-electron chi connectivity index (χ1n) is 6.00. The fourth-order valence-electron chi connectivity index (χ4n) is 1.77. The molecule has 2 nitrogen and oxygen atoms in total. The number of rotatable bonds is 4. The van der Waals surface area contributed by atoms with Gasteiger partial charge in [-0.3, -0.25) is 0 Å². The standard InChI is InChI=1S/C15H13ClF2O2/c1-9-2-7-12(17)14(15(9)18)13(19)8-20-11-5-3-10(16)4-6-11/h2-7,13,19H,8H2,1H3. The summed E-state index contributed by atoms with van der Waals surface area (Å²) in [7, 11) is 0. The molecule has 0 amide bonds. The first-order chi connectivity index (χ1) is 9.49. The molecule has 1 N–H and O–H groups in total. The molecule has 2 aromatic carbocycles. The SMILES string of the molecule is Cc1ccc(F)c(C(O)COc2ccc(Cl)cc2)c1F. The summed E-state index contributed by atoms with van der Waals surface area (Å²) in [5.41, 5.74) is -0.106. The molecule has 0 aliphatic heterocycles. The molecule has 0 aliphatic rings. The van der Waals surface area contributed by atoms with E-state index in [0.29, 0.717) is 10.8 Å². The molecule has 2 aromatic rings. The largest absolute Gasteiger partial charge is 0.491 e. The molecule has 0 aromatic heterocycles. The average molecular weight is 299 g/mol. The molecule has 0 radical (unpaired) electrons. The highest BCUT2D eigenvalue weighted by Crippen LogP contribution is 2.24. The van der Waals surface area contributed by atoms with E-state index in [0.717, 1.165) is 6.07 Å². The molecule has 1 atom stereocenters. The van der Waals surface area contributed by atoms with Gasteiger partial charge in [0.1, 0.15) is 30.1 Å². The third kappa shape index (κ3) is 3.26. The van der Waals surface area contributed by atoms with Crippen LogP contribution in [0.5, 0.6) is 5.75 Å². The normalized spacial score (nSPS) is 12.2. The van der Waals surface area contributed by atoms with Crippen LogP contribution in [0.25, 0.3) is 0 Å². The van der Waals surface area contributed by atoms with E-state index in [9.17, 15) is 13.9 Å². The summed E-state index contributed by atoms with van der Waals surface area (Å²) >= 11 is 5.73. The molecule has 0 fully saturated rings. The lowest BCUT2D eigenvalue weighted by Crippen LogP contribution is -2.14. The van der Waals surface area contributed by atoms with Gasteiger partial charge in [-0.15, -0.1) is 0 Å². The zero-order chi connectivity index (χ0) is 14.7. The predicted octanol–water partition coefficient (Wildman–Crippen LogP) is 4.04. The number of halogens is 3. The van der Waals surface area contributed by atoms with Crippen molar-refractivity contribution in [3.8, 4) is 5.75 Å². The van der Waals surface area contributed by atoms with Gasteiger partial charge >= 0.3 is 0 Å². The van der Waals surface area contributed by atoms with Crippen LogP contribution >= 0.6 is 11.6 Å². The van der Waals surface area contributed by atoms with Crippen molar-refractivity contribution in [3.63, 3.8) is 0 Å². The van der Waals surface area contributed by atoms with Gasteiger partial charge in [-0.05, 0) is 42.8 Å². The Labute approximate surface area is 120 Å². The number of hydrogen-bond donors (Lipinski definition) is 1. The molecular formula is C15H13ClF2O2. The van der Waals surface area contributed by atoms with Gasteiger partial charge in [0.2, 0.25) is 0 Å². The van der Waals surface area contributed by atoms with E-state index in [2.05, 4.69) is 0 Å². The van der Waals surface area contributed by atoms with E-state index in [1.54, 1.807) is 24.3 Å². The highest BCUT2D eigenvalue weighted by molar-refractivity contribution is 6.30. The van der Waals surface area contributed by atoms with Crippen LogP contribution in [0.15, 0.2) is 36.4 Å². The average Bonchev–Trinajstić information content (AvgIpc) is 2.43. The van der Waals surface area contributed by atoms with Crippen molar-refractivity contribution in [1.82, 2.24) is 0 Å². The number of benzene rings is 2. The van der Waals surface area contributed by atoms with Crippen LogP contribution in [0.1, 0.15) is 17.2 Å². The van der Waals surface area contributed by atoms with E-state index >= 15 is 0 Å². The van der Waals surface area contributed by atoms with E-state index < -0.39 is 17.7 Å². The third-order valence-corrected chi connectivity index (χ3v) is 3.13. The highest BCUT2D eigenvalue weighted by Gasteiger charge is 2.20. The lowest BCUT2D eigenvalue weighted by atomic mass is 10.1. The molecule has 5 heteroatoms. The Morgan fingerprint density at radius 3 is 2.45 bits per heavy atom. The summed E-state index contributed by atoms with van der Waals surface area (Å²) in [4.78, 5) is 0. The van der Waals surface area contributed by atoms with Crippen molar-refractivity contribution in [1.29, 1.82) is 0 Å². The van der Waals surface area contributed by atoms with Crippen molar-refractivity contribution in [2.45, 2.75) is 13.0 Å². The zero-order valence-corrected chi connectivity index (χ0v) is 11.5. The number of aryl methyl sites for hydroxylation is 1. The monoisotopic (exact) mass is 298 g/mol. The molecule has 0 spiro atoms. The van der Waals surface area contributed by atoms with Gasteiger partial charge in [0.15, 0.2) is 0 Å². The maximum Gasteiger partial charge on any atom is 0.134 e. The Hall–Kier alpha value is -1.65. The number of hydrogen-bond acceptors (Lipinski definition) is 2. The second-order valence-electron chi connectivity index (χ2n) is 4.37. The minimum Gasteiger partial charge on any atom is -0.491 e. The van der Waals surface area contributed by atoms with Crippen molar-refractivity contribution in [2.24, 2.45) is 0 Å². The van der Waals surface area contributed by atoms with Crippen LogP contribution in [-0.2, 0) is 0 Å². The van der Waals surface area contributed by atoms with E-state index in [-0.39, 0.29) is 17.7 Å². The van der Waals surface area contributed by atoms with Gasteiger partial charge < -0.3 is 9.84 Å².